The van der Waals surface area contributed by atoms with E-state index in [2.05, 4.69) is 17.1 Å². The van der Waals surface area contributed by atoms with Crippen molar-refractivity contribution in [1.82, 2.24) is 10.2 Å². The van der Waals surface area contributed by atoms with Gasteiger partial charge in [-0.05, 0) is 44.0 Å². The Morgan fingerprint density at radius 1 is 1.12 bits per heavy atom. The lowest BCUT2D eigenvalue weighted by molar-refractivity contribution is 0.0709. The molecular formula is C17H27Cl2N3O2. The van der Waals surface area contributed by atoms with E-state index in [9.17, 15) is 9.90 Å². The summed E-state index contributed by atoms with van der Waals surface area (Å²) in [5.41, 5.74) is 1.90. The first-order valence-corrected chi connectivity index (χ1v) is 8.19. The number of hydrogen-bond donors (Lipinski definition) is 2. The topological polar surface area (TPSA) is 55.8 Å². The molecule has 1 aromatic rings. The molecular weight excluding hydrogens is 349 g/mol. The fourth-order valence-corrected chi connectivity index (χ4v) is 3.24. The first-order chi connectivity index (χ1) is 10.6. The molecule has 2 saturated heterocycles. The van der Waals surface area contributed by atoms with Crippen molar-refractivity contribution < 1.29 is 9.90 Å². The lowest BCUT2D eigenvalue weighted by atomic mass is 10.1. The van der Waals surface area contributed by atoms with Gasteiger partial charge in [-0.2, -0.15) is 0 Å². The average molecular weight is 376 g/mol. The number of rotatable bonds is 2. The number of aliphatic hydroxyl groups excluding tert-OH is 1. The van der Waals surface area contributed by atoms with E-state index >= 15 is 0 Å². The Bertz CT molecular complexity index is 519. The highest BCUT2D eigenvalue weighted by Crippen LogP contribution is 2.21. The van der Waals surface area contributed by atoms with Crippen LogP contribution >= 0.6 is 24.8 Å². The standard InChI is InChI=1S/C17H25N3O2.2ClH/c1-13-12-20(11-8-18-13)17(22)14-2-4-15(5-3-14)19-9-6-16(21)7-10-19;;/h2-5,13,16,18,21H,6-12H2,1H3;2*1H. The molecule has 136 valence electrons. The molecule has 7 heteroatoms. The van der Waals surface area contributed by atoms with Crippen LogP contribution < -0.4 is 10.2 Å². The van der Waals surface area contributed by atoms with Gasteiger partial charge in [0.1, 0.15) is 0 Å². The van der Waals surface area contributed by atoms with Crippen molar-refractivity contribution >= 4 is 36.4 Å². The maximum atomic E-state index is 12.5. The van der Waals surface area contributed by atoms with E-state index in [-0.39, 0.29) is 36.8 Å². The van der Waals surface area contributed by atoms with E-state index < -0.39 is 0 Å². The van der Waals surface area contributed by atoms with Gasteiger partial charge in [-0.1, -0.05) is 0 Å². The summed E-state index contributed by atoms with van der Waals surface area (Å²) in [6.07, 6.45) is 1.48. The maximum absolute atomic E-state index is 12.5. The second-order valence-corrected chi connectivity index (χ2v) is 6.37. The number of hydrogen-bond acceptors (Lipinski definition) is 4. The second kappa shape index (κ2) is 9.47. The summed E-state index contributed by atoms with van der Waals surface area (Å²) in [5.74, 6) is 0.119. The molecule has 1 aromatic carbocycles. The number of benzene rings is 1. The molecule has 3 rings (SSSR count). The molecule has 0 radical (unpaired) electrons. The number of nitrogens with one attached hydrogen (secondary N) is 1. The van der Waals surface area contributed by atoms with Crippen molar-refractivity contribution in [3.8, 4) is 0 Å². The first kappa shape index (κ1) is 21.0. The third-order valence-corrected chi connectivity index (χ3v) is 4.60. The Kier molecular flexibility index (Phi) is 8.30. The highest BCUT2D eigenvalue weighted by molar-refractivity contribution is 5.94. The SMILES string of the molecule is CC1CN(C(=O)c2ccc(N3CCC(O)CC3)cc2)CCN1.Cl.Cl. The molecule has 0 bridgehead atoms. The molecule has 0 saturated carbocycles. The number of halogens is 2. The van der Waals surface area contributed by atoms with Gasteiger partial charge >= 0.3 is 0 Å². The Morgan fingerprint density at radius 3 is 2.33 bits per heavy atom. The predicted molar refractivity (Wildman–Crippen MR) is 102 cm³/mol. The smallest absolute Gasteiger partial charge is 0.253 e. The van der Waals surface area contributed by atoms with E-state index in [1.807, 2.05) is 29.2 Å². The summed E-state index contributed by atoms with van der Waals surface area (Å²) >= 11 is 0. The van der Waals surface area contributed by atoms with Crippen LogP contribution in [0.3, 0.4) is 0 Å². The normalized spacial score (nSPS) is 21.7. The molecule has 24 heavy (non-hydrogen) atoms. The summed E-state index contributed by atoms with van der Waals surface area (Å²) < 4.78 is 0. The number of carbonyl (C=O) groups excluding carboxylic acids is 1. The molecule has 2 aliphatic heterocycles. The Labute approximate surface area is 156 Å². The molecule has 0 aromatic heterocycles. The third kappa shape index (κ3) is 4.99. The maximum Gasteiger partial charge on any atom is 0.253 e. The lowest BCUT2D eigenvalue weighted by Gasteiger charge is -2.33. The summed E-state index contributed by atoms with van der Waals surface area (Å²) in [6.45, 7) is 6.27. The van der Waals surface area contributed by atoms with Gasteiger partial charge in [0.2, 0.25) is 0 Å². The Morgan fingerprint density at radius 2 is 1.75 bits per heavy atom. The number of nitrogens with zero attached hydrogens (tertiary/aromatic N) is 2. The number of amides is 1. The minimum atomic E-state index is -0.160. The summed E-state index contributed by atoms with van der Waals surface area (Å²) in [5, 5.41) is 12.9. The van der Waals surface area contributed by atoms with E-state index in [0.717, 1.165) is 56.8 Å². The van der Waals surface area contributed by atoms with Crippen LogP contribution in [0.2, 0.25) is 0 Å². The van der Waals surface area contributed by atoms with Gasteiger partial charge in [0.15, 0.2) is 0 Å². The van der Waals surface area contributed by atoms with Crippen LogP contribution in [0.5, 0.6) is 0 Å². The van der Waals surface area contributed by atoms with Crippen LogP contribution in [0, 0.1) is 0 Å². The zero-order valence-electron chi connectivity index (χ0n) is 14.0. The van der Waals surface area contributed by atoms with Crippen molar-refractivity contribution in [1.29, 1.82) is 0 Å². The van der Waals surface area contributed by atoms with Crippen LogP contribution in [0.4, 0.5) is 5.69 Å². The lowest BCUT2D eigenvalue weighted by Crippen LogP contribution is -2.51. The van der Waals surface area contributed by atoms with Gasteiger partial charge in [-0.15, -0.1) is 24.8 Å². The molecule has 0 aliphatic carbocycles. The van der Waals surface area contributed by atoms with Crippen molar-refractivity contribution in [3.63, 3.8) is 0 Å². The van der Waals surface area contributed by atoms with Crippen LogP contribution in [0.15, 0.2) is 24.3 Å². The molecule has 1 amide bonds. The minimum absolute atomic E-state index is 0. The van der Waals surface area contributed by atoms with Crippen LogP contribution in [0.1, 0.15) is 30.1 Å². The number of anilines is 1. The van der Waals surface area contributed by atoms with Gasteiger partial charge in [0.25, 0.3) is 5.91 Å². The first-order valence-electron chi connectivity index (χ1n) is 8.19. The highest BCUT2D eigenvalue weighted by atomic mass is 35.5. The zero-order valence-corrected chi connectivity index (χ0v) is 15.6. The Hall–Kier alpha value is -1.01. The van der Waals surface area contributed by atoms with Gasteiger partial charge in [0.05, 0.1) is 6.10 Å². The van der Waals surface area contributed by atoms with Gasteiger partial charge in [-0.3, -0.25) is 4.79 Å². The molecule has 2 heterocycles. The number of aliphatic hydroxyl groups is 1. The van der Waals surface area contributed by atoms with Crippen molar-refractivity contribution in [2.45, 2.75) is 31.9 Å². The molecule has 1 atom stereocenters. The van der Waals surface area contributed by atoms with E-state index in [1.54, 1.807) is 0 Å². The minimum Gasteiger partial charge on any atom is -0.393 e. The van der Waals surface area contributed by atoms with Crippen LogP contribution in [-0.4, -0.2) is 60.8 Å². The fourth-order valence-electron chi connectivity index (χ4n) is 3.24. The molecule has 2 fully saturated rings. The molecule has 1 unspecified atom stereocenters. The number of carbonyl (C=O) groups is 1. The molecule has 2 aliphatic rings. The largest absolute Gasteiger partial charge is 0.393 e. The highest BCUT2D eigenvalue weighted by Gasteiger charge is 2.22. The zero-order chi connectivity index (χ0) is 15.5. The van der Waals surface area contributed by atoms with Gasteiger partial charge < -0.3 is 20.2 Å². The molecule has 0 spiro atoms. The van der Waals surface area contributed by atoms with Gasteiger partial charge in [0, 0.05) is 50.0 Å². The average Bonchev–Trinajstić information content (AvgIpc) is 2.55. The van der Waals surface area contributed by atoms with Crippen molar-refractivity contribution in [2.75, 3.05) is 37.6 Å². The van der Waals surface area contributed by atoms with Crippen molar-refractivity contribution in [3.05, 3.63) is 29.8 Å². The second-order valence-electron chi connectivity index (χ2n) is 6.37. The van der Waals surface area contributed by atoms with E-state index in [4.69, 9.17) is 0 Å². The summed E-state index contributed by atoms with van der Waals surface area (Å²) in [6, 6.07) is 8.26. The number of piperazine rings is 1. The van der Waals surface area contributed by atoms with Gasteiger partial charge in [-0.25, -0.2) is 0 Å². The number of piperidine rings is 1. The third-order valence-electron chi connectivity index (χ3n) is 4.60. The molecule has 2 N–H and O–H groups in total. The Balaban J connectivity index is 0.00000144. The molecule has 5 nitrogen and oxygen atoms in total. The van der Waals surface area contributed by atoms with Crippen LogP contribution in [0.25, 0.3) is 0 Å². The van der Waals surface area contributed by atoms with Crippen molar-refractivity contribution in [2.24, 2.45) is 0 Å². The van der Waals surface area contributed by atoms with E-state index in [0.29, 0.717) is 6.04 Å². The summed E-state index contributed by atoms with van der Waals surface area (Å²) in [7, 11) is 0. The van der Waals surface area contributed by atoms with Crippen LogP contribution in [-0.2, 0) is 0 Å². The quantitative estimate of drug-likeness (QED) is 0.828. The van der Waals surface area contributed by atoms with E-state index in [1.165, 1.54) is 0 Å². The summed E-state index contributed by atoms with van der Waals surface area (Å²) in [4.78, 5) is 16.7. The predicted octanol–water partition coefficient (Wildman–Crippen LogP) is 1.93. The fraction of sp³-hybridized carbons (Fsp3) is 0.588. The monoisotopic (exact) mass is 375 g/mol.